The van der Waals surface area contributed by atoms with Gasteiger partial charge in [-0.25, -0.2) is 0 Å². The number of hydrogen-bond donors (Lipinski definition) is 3. The van der Waals surface area contributed by atoms with Gasteiger partial charge in [0.25, 0.3) is 5.91 Å². The van der Waals surface area contributed by atoms with Crippen molar-refractivity contribution in [3.63, 3.8) is 0 Å². The van der Waals surface area contributed by atoms with Gasteiger partial charge in [-0.05, 0) is 49.0 Å². The topological polar surface area (TPSA) is 95.5 Å². The molecule has 1 saturated heterocycles. The highest BCUT2D eigenvalue weighted by molar-refractivity contribution is 6.27. The van der Waals surface area contributed by atoms with Crippen LogP contribution in [0.5, 0.6) is 0 Å². The molecule has 5 unspecified atom stereocenters. The highest BCUT2D eigenvalue weighted by Gasteiger charge is 2.38. The number of ketones is 1. The molecule has 0 aromatic rings. The number of carbonyl (C=O) groups excluding carboxylic acids is 3. The zero-order valence-corrected chi connectivity index (χ0v) is 20.5. The molecular weight excluding hydrogens is 440 g/mol. The maximum atomic E-state index is 12.6. The maximum Gasteiger partial charge on any atom is 0.259 e. The van der Waals surface area contributed by atoms with Crippen LogP contribution in [0.4, 0.5) is 0 Å². The third-order valence-corrected chi connectivity index (χ3v) is 7.12. The van der Waals surface area contributed by atoms with Crippen LogP contribution in [0.2, 0.25) is 0 Å². The number of Topliss-reactive ketones (excluding diaryl/α,β-unsaturated/α-hetero) is 1. The summed E-state index contributed by atoms with van der Waals surface area (Å²) in [6.07, 6.45) is 25.4. The zero-order chi connectivity index (χ0) is 25.2. The lowest BCUT2D eigenvalue weighted by Gasteiger charge is -2.18. The van der Waals surface area contributed by atoms with Crippen LogP contribution in [0, 0.1) is 23.7 Å². The molecule has 0 aromatic carbocycles. The van der Waals surface area contributed by atoms with Crippen LogP contribution in [0.1, 0.15) is 39.5 Å². The Hall–Kier alpha value is -3.41. The fraction of sp³-hybridized carbons (Fsp3) is 0.414. The smallest absolute Gasteiger partial charge is 0.259 e. The lowest BCUT2D eigenvalue weighted by molar-refractivity contribution is -0.118. The van der Waals surface area contributed by atoms with Crippen LogP contribution in [0.15, 0.2) is 84.2 Å². The number of aliphatic hydroxyl groups is 1. The second kappa shape index (κ2) is 12.9. The number of hydrogen-bond acceptors (Lipinski definition) is 4. The van der Waals surface area contributed by atoms with Crippen LogP contribution >= 0.6 is 0 Å². The quantitative estimate of drug-likeness (QED) is 0.489. The van der Waals surface area contributed by atoms with Gasteiger partial charge in [0, 0.05) is 12.6 Å². The van der Waals surface area contributed by atoms with E-state index in [1.54, 1.807) is 18.2 Å². The predicted octanol–water partition coefficient (Wildman–Crippen LogP) is 4.41. The average molecular weight is 477 g/mol. The molecule has 0 spiro atoms. The van der Waals surface area contributed by atoms with Crippen molar-refractivity contribution in [2.24, 2.45) is 23.7 Å². The van der Waals surface area contributed by atoms with E-state index in [2.05, 4.69) is 42.7 Å². The van der Waals surface area contributed by atoms with Crippen molar-refractivity contribution in [2.45, 2.75) is 45.6 Å². The number of fused-ring (bicyclic) bond motifs is 3. The van der Waals surface area contributed by atoms with Gasteiger partial charge in [-0.1, -0.05) is 81.0 Å². The van der Waals surface area contributed by atoms with Crippen LogP contribution in [-0.4, -0.2) is 35.3 Å². The van der Waals surface area contributed by atoms with Crippen molar-refractivity contribution >= 4 is 17.6 Å². The Morgan fingerprint density at radius 3 is 2.37 bits per heavy atom. The molecule has 186 valence electrons. The summed E-state index contributed by atoms with van der Waals surface area (Å²) < 4.78 is 0. The van der Waals surface area contributed by atoms with Crippen molar-refractivity contribution in [1.82, 2.24) is 10.6 Å². The van der Waals surface area contributed by atoms with E-state index >= 15 is 0 Å². The van der Waals surface area contributed by atoms with E-state index in [4.69, 9.17) is 0 Å². The van der Waals surface area contributed by atoms with Crippen molar-refractivity contribution < 1.29 is 19.5 Å². The van der Waals surface area contributed by atoms with E-state index in [1.807, 2.05) is 24.3 Å². The molecule has 6 heteroatoms. The van der Waals surface area contributed by atoms with Gasteiger partial charge in [0.15, 0.2) is 5.78 Å². The predicted molar refractivity (Wildman–Crippen MR) is 138 cm³/mol. The second-order valence-electron chi connectivity index (χ2n) is 9.35. The van der Waals surface area contributed by atoms with Crippen molar-refractivity contribution in [3.8, 4) is 0 Å². The van der Waals surface area contributed by atoms with Gasteiger partial charge in [0.2, 0.25) is 5.91 Å². The highest BCUT2D eigenvalue weighted by Crippen LogP contribution is 2.44. The summed E-state index contributed by atoms with van der Waals surface area (Å²) in [7, 11) is 0. The van der Waals surface area contributed by atoms with Crippen LogP contribution in [0.25, 0.3) is 0 Å². The molecule has 6 nitrogen and oxygen atoms in total. The first kappa shape index (κ1) is 26.2. The molecule has 3 N–H and O–H groups in total. The summed E-state index contributed by atoms with van der Waals surface area (Å²) in [5.41, 5.74) is -0.215. The van der Waals surface area contributed by atoms with E-state index in [1.165, 1.54) is 12.2 Å². The van der Waals surface area contributed by atoms with Crippen LogP contribution in [-0.2, 0) is 14.4 Å². The molecule has 2 bridgehead atoms. The van der Waals surface area contributed by atoms with Gasteiger partial charge in [-0.2, -0.15) is 0 Å². The standard InChI is InChI=1S/C29H36N2O4/c1-3-21-19-22-13-8-4-7-11-17-26(33)30-18-12-15-24-28(34)27(29(35)31-24)25(32)16-10-6-5-9-14-23(22)20(21)2/h4-11,13-14,16-17,20-24,32H,3,12,15,18-19H2,1-2H3,(H,30,33)(H,31,35). The molecule has 35 heavy (non-hydrogen) atoms. The van der Waals surface area contributed by atoms with E-state index < -0.39 is 17.7 Å². The molecule has 2 heterocycles. The van der Waals surface area contributed by atoms with E-state index in [0.717, 1.165) is 12.8 Å². The minimum atomic E-state index is -0.691. The van der Waals surface area contributed by atoms with E-state index in [0.29, 0.717) is 43.1 Å². The van der Waals surface area contributed by atoms with Gasteiger partial charge in [0.1, 0.15) is 11.3 Å². The summed E-state index contributed by atoms with van der Waals surface area (Å²) in [6, 6.07) is -0.691. The third kappa shape index (κ3) is 7.04. The minimum Gasteiger partial charge on any atom is -0.507 e. The number of nitrogens with one attached hydrogen (secondary N) is 2. The number of amides is 2. The Kier molecular flexibility index (Phi) is 9.65. The molecule has 5 atom stereocenters. The average Bonchev–Trinajstić information content (AvgIpc) is 3.29. The molecule has 1 saturated carbocycles. The largest absolute Gasteiger partial charge is 0.507 e. The molecule has 3 aliphatic rings. The number of carbonyl (C=O) groups is 3. The summed E-state index contributed by atoms with van der Waals surface area (Å²) >= 11 is 0. The third-order valence-electron chi connectivity index (χ3n) is 7.12. The Bertz CT molecular complexity index is 1010. The second-order valence-corrected chi connectivity index (χ2v) is 9.35. The SMILES string of the molecule is CCC1CC2C=CC=CC=CC(=O)NCCCC3NC(=O)C(=C(O)C=CC=CC=CC2C1C)C3=O. The summed E-state index contributed by atoms with van der Waals surface area (Å²) in [5.74, 6) is 0.579. The Morgan fingerprint density at radius 2 is 1.63 bits per heavy atom. The molecule has 0 radical (unpaired) electrons. The van der Waals surface area contributed by atoms with Gasteiger partial charge in [-0.3, -0.25) is 14.4 Å². The van der Waals surface area contributed by atoms with Gasteiger partial charge in [0.05, 0.1) is 6.04 Å². The number of allylic oxidation sites excluding steroid dienone is 11. The van der Waals surface area contributed by atoms with Gasteiger partial charge >= 0.3 is 0 Å². The first-order valence-electron chi connectivity index (χ1n) is 12.5. The highest BCUT2D eigenvalue weighted by atomic mass is 16.3. The Morgan fingerprint density at radius 1 is 0.943 bits per heavy atom. The molecule has 1 aliphatic carbocycles. The molecular formula is C29H36N2O4. The Labute approximate surface area is 207 Å². The molecule has 2 fully saturated rings. The number of rotatable bonds is 1. The fourth-order valence-electron chi connectivity index (χ4n) is 5.12. The van der Waals surface area contributed by atoms with Crippen molar-refractivity contribution in [3.05, 3.63) is 84.2 Å². The minimum absolute atomic E-state index is 0.213. The van der Waals surface area contributed by atoms with Crippen molar-refractivity contribution in [1.29, 1.82) is 0 Å². The first-order chi connectivity index (χ1) is 16.9. The van der Waals surface area contributed by atoms with Gasteiger partial charge < -0.3 is 15.7 Å². The van der Waals surface area contributed by atoms with Crippen molar-refractivity contribution in [2.75, 3.05) is 6.54 Å². The monoisotopic (exact) mass is 476 g/mol. The Balaban J connectivity index is 1.80. The molecule has 0 aromatic heterocycles. The molecule has 2 aliphatic heterocycles. The fourth-order valence-corrected chi connectivity index (χ4v) is 5.12. The van der Waals surface area contributed by atoms with E-state index in [-0.39, 0.29) is 17.2 Å². The zero-order valence-electron chi connectivity index (χ0n) is 20.5. The summed E-state index contributed by atoms with van der Waals surface area (Å²) in [5, 5.41) is 15.7. The molecule has 2 amide bonds. The summed E-state index contributed by atoms with van der Waals surface area (Å²) in [6.45, 7) is 4.94. The number of aliphatic hydroxyl groups excluding tert-OH is 1. The lowest BCUT2D eigenvalue weighted by Crippen LogP contribution is -2.30. The van der Waals surface area contributed by atoms with Crippen LogP contribution < -0.4 is 10.6 Å². The lowest BCUT2D eigenvalue weighted by atomic mass is 9.87. The van der Waals surface area contributed by atoms with Gasteiger partial charge in [-0.15, -0.1) is 0 Å². The molecule has 3 rings (SSSR count). The summed E-state index contributed by atoms with van der Waals surface area (Å²) in [4.78, 5) is 36.8. The maximum absolute atomic E-state index is 12.6. The normalized spacial score (nSPS) is 30.5. The first-order valence-corrected chi connectivity index (χ1v) is 12.5. The van der Waals surface area contributed by atoms with E-state index in [9.17, 15) is 19.5 Å². The van der Waals surface area contributed by atoms with Crippen LogP contribution in [0.3, 0.4) is 0 Å².